The number of benzene rings is 1. The Hall–Kier alpha value is -4.43. The van der Waals surface area contributed by atoms with Gasteiger partial charge in [0.2, 0.25) is 5.88 Å². The number of H-pyrrole nitrogens is 1. The maximum absolute atomic E-state index is 12.6. The molecule has 0 unspecified atom stereocenters. The number of unbranched alkanes of at least 4 members (excludes halogenated alkanes) is 1. The number of nitrogen functional groups attached to an aromatic ring is 1. The molecular weight excluding hydrogens is 460 g/mol. The van der Waals surface area contributed by atoms with Crippen LogP contribution in [0.1, 0.15) is 37.4 Å². The van der Waals surface area contributed by atoms with Crippen molar-refractivity contribution in [1.82, 2.24) is 29.8 Å². The van der Waals surface area contributed by atoms with Gasteiger partial charge in [-0.05, 0) is 30.2 Å². The van der Waals surface area contributed by atoms with Crippen molar-refractivity contribution in [3.05, 3.63) is 64.2 Å². The van der Waals surface area contributed by atoms with Gasteiger partial charge in [-0.1, -0.05) is 31.5 Å². The summed E-state index contributed by atoms with van der Waals surface area (Å²) in [6.07, 6.45) is 2.30. The van der Waals surface area contributed by atoms with Gasteiger partial charge >= 0.3 is 11.7 Å². The van der Waals surface area contributed by atoms with E-state index in [1.807, 2.05) is 36.4 Å². The summed E-state index contributed by atoms with van der Waals surface area (Å²) in [5.41, 5.74) is 8.17. The number of anilines is 1. The van der Waals surface area contributed by atoms with Crippen LogP contribution in [0.15, 0.2) is 47.3 Å². The van der Waals surface area contributed by atoms with Gasteiger partial charge in [0.15, 0.2) is 11.5 Å². The Bertz CT molecular complexity index is 1410. The minimum atomic E-state index is -0.332. The predicted molar refractivity (Wildman–Crippen MR) is 135 cm³/mol. The summed E-state index contributed by atoms with van der Waals surface area (Å²) in [5, 5.41) is 11.8. The quantitative estimate of drug-likeness (QED) is 0.255. The van der Waals surface area contributed by atoms with Gasteiger partial charge in [0, 0.05) is 25.6 Å². The first-order valence-electron chi connectivity index (χ1n) is 11.8. The number of nitrogens with two attached hydrogens (primary N) is 1. The molecule has 3 aromatic heterocycles. The Morgan fingerprint density at radius 1 is 1.17 bits per heavy atom. The van der Waals surface area contributed by atoms with Crippen LogP contribution in [0, 0.1) is 11.3 Å². The molecule has 4 aromatic rings. The smallest absolute Gasteiger partial charge is 0.328 e. The van der Waals surface area contributed by atoms with Crippen molar-refractivity contribution in [2.75, 3.05) is 18.9 Å². The molecule has 0 bridgehead atoms. The van der Waals surface area contributed by atoms with Crippen molar-refractivity contribution in [3.8, 4) is 23.7 Å². The van der Waals surface area contributed by atoms with Crippen molar-refractivity contribution in [3.63, 3.8) is 0 Å². The van der Waals surface area contributed by atoms with Gasteiger partial charge in [-0.25, -0.2) is 9.78 Å². The van der Waals surface area contributed by atoms with Gasteiger partial charge in [0.25, 0.3) is 0 Å². The van der Waals surface area contributed by atoms with E-state index < -0.39 is 0 Å². The molecule has 4 rings (SSSR count). The van der Waals surface area contributed by atoms with Crippen molar-refractivity contribution < 1.29 is 9.47 Å². The topological polar surface area (TPSA) is 157 Å². The van der Waals surface area contributed by atoms with Crippen LogP contribution in [0.4, 0.5) is 5.82 Å². The van der Waals surface area contributed by atoms with Crippen molar-refractivity contribution in [2.45, 2.75) is 39.3 Å². The molecule has 0 amide bonds. The summed E-state index contributed by atoms with van der Waals surface area (Å²) in [5.74, 6) is 1.25. The molecule has 36 heavy (non-hydrogen) atoms. The number of ether oxygens (including phenoxy) is 2. The molecule has 1 aromatic carbocycles. The van der Waals surface area contributed by atoms with Crippen LogP contribution in [0.5, 0.6) is 17.6 Å². The number of nitrogens with one attached hydrogen (secondary N) is 2. The summed E-state index contributed by atoms with van der Waals surface area (Å²) >= 11 is 0. The Morgan fingerprint density at radius 2 is 2.00 bits per heavy atom. The van der Waals surface area contributed by atoms with Gasteiger partial charge < -0.3 is 25.5 Å². The van der Waals surface area contributed by atoms with E-state index in [9.17, 15) is 4.79 Å². The zero-order valence-corrected chi connectivity index (χ0v) is 20.0. The summed E-state index contributed by atoms with van der Waals surface area (Å²) in [6.45, 7) is 3.99. The monoisotopic (exact) mass is 488 g/mol. The highest BCUT2D eigenvalue weighted by Crippen LogP contribution is 2.22. The Kier molecular flexibility index (Phi) is 8.10. The number of fused-ring (bicyclic) bond motifs is 1. The molecule has 11 nitrogen and oxygen atoms in total. The molecule has 0 fully saturated rings. The molecule has 0 radical (unpaired) electrons. The molecule has 0 spiro atoms. The lowest BCUT2D eigenvalue weighted by molar-refractivity contribution is 0.286. The highest BCUT2D eigenvalue weighted by molar-refractivity contribution is 5.81. The molecule has 186 valence electrons. The molecular formula is C25H28N8O3. The summed E-state index contributed by atoms with van der Waals surface area (Å²) in [7, 11) is 0. The molecule has 0 aliphatic carbocycles. The lowest BCUT2D eigenvalue weighted by atomic mass is 10.2. The van der Waals surface area contributed by atoms with Crippen LogP contribution in [-0.2, 0) is 13.1 Å². The number of pyridine rings is 1. The van der Waals surface area contributed by atoms with Crippen molar-refractivity contribution in [1.29, 1.82) is 5.26 Å². The average Bonchev–Trinajstić information content (AvgIpc) is 3.19. The number of hydrogen-bond donors (Lipinski definition) is 3. The largest absolute Gasteiger partial charge is 0.463 e. The van der Waals surface area contributed by atoms with Gasteiger partial charge in [0.05, 0.1) is 24.9 Å². The molecule has 4 N–H and O–H groups in total. The number of nitrogens with zero attached hydrogens (tertiary/aromatic N) is 5. The van der Waals surface area contributed by atoms with Gasteiger partial charge in [-0.3, -0.25) is 4.57 Å². The minimum Gasteiger partial charge on any atom is -0.463 e. The van der Waals surface area contributed by atoms with E-state index in [0.29, 0.717) is 48.9 Å². The van der Waals surface area contributed by atoms with E-state index in [0.717, 1.165) is 24.1 Å². The normalized spacial score (nSPS) is 10.9. The number of nitriles is 1. The van der Waals surface area contributed by atoms with Gasteiger partial charge in [-0.15, -0.1) is 0 Å². The van der Waals surface area contributed by atoms with Crippen molar-refractivity contribution >= 4 is 17.0 Å². The first-order chi connectivity index (χ1) is 17.6. The average molecular weight is 489 g/mol. The van der Waals surface area contributed by atoms with Crippen LogP contribution in [0.2, 0.25) is 0 Å². The van der Waals surface area contributed by atoms with E-state index in [1.54, 1.807) is 6.07 Å². The number of aromatic nitrogens is 5. The third-order valence-corrected chi connectivity index (χ3v) is 5.35. The van der Waals surface area contributed by atoms with Gasteiger partial charge in [-0.2, -0.15) is 15.2 Å². The molecule has 0 atom stereocenters. The SMILES string of the molecule is CCCCOc1nc(N)c2[nH]c(=O)n(Cc3ccc(Oc4cccc(CNCCC#N)n4)cc3)c2n1. The molecule has 0 aliphatic rings. The number of hydrogen-bond acceptors (Lipinski definition) is 9. The van der Waals surface area contributed by atoms with Crippen LogP contribution < -0.4 is 26.2 Å². The maximum Gasteiger partial charge on any atom is 0.328 e. The van der Waals surface area contributed by atoms with E-state index in [2.05, 4.69) is 38.2 Å². The Balaban J connectivity index is 1.45. The highest BCUT2D eigenvalue weighted by Gasteiger charge is 2.15. The van der Waals surface area contributed by atoms with Crippen LogP contribution >= 0.6 is 0 Å². The minimum absolute atomic E-state index is 0.153. The molecule has 0 saturated carbocycles. The lowest BCUT2D eigenvalue weighted by Gasteiger charge is -2.09. The summed E-state index contributed by atoms with van der Waals surface area (Å²) in [4.78, 5) is 28.4. The summed E-state index contributed by atoms with van der Waals surface area (Å²) < 4.78 is 13.0. The first kappa shape index (κ1) is 24.7. The van der Waals surface area contributed by atoms with E-state index in [-0.39, 0.29) is 24.1 Å². The van der Waals surface area contributed by atoms with Gasteiger partial charge in [0.1, 0.15) is 11.3 Å². The Morgan fingerprint density at radius 3 is 2.78 bits per heavy atom. The fourth-order valence-electron chi connectivity index (χ4n) is 3.49. The molecule has 3 heterocycles. The second-order valence-electron chi connectivity index (χ2n) is 8.11. The van der Waals surface area contributed by atoms with Crippen LogP contribution in [-0.4, -0.2) is 37.7 Å². The van der Waals surface area contributed by atoms with E-state index >= 15 is 0 Å². The Labute approximate surface area is 207 Å². The fraction of sp³-hybridized carbons (Fsp3) is 0.320. The third-order valence-electron chi connectivity index (χ3n) is 5.35. The number of aromatic amines is 1. The van der Waals surface area contributed by atoms with E-state index in [1.165, 1.54) is 4.57 Å². The second kappa shape index (κ2) is 11.8. The lowest BCUT2D eigenvalue weighted by Crippen LogP contribution is -2.17. The fourth-order valence-corrected chi connectivity index (χ4v) is 3.49. The predicted octanol–water partition coefficient (Wildman–Crippen LogP) is 3.12. The molecule has 0 saturated heterocycles. The van der Waals surface area contributed by atoms with Crippen molar-refractivity contribution in [2.24, 2.45) is 0 Å². The zero-order chi connectivity index (χ0) is 25.3. The second-order valence-corrected chi connectivity index (χ2v) is 8.11. The molecule has 0 aliphatic heterocycles. The highest BCUT2D eigenvalue weighted by atomic mass is 16.5. The number of imidazole rings is 1. The first-order valence-corrected chi connectivity index (χ1v) is 11.8. The molecule has 11 heteroatoms. The summed E-state index contributed by atoms with van der Waals surface area (Å²) in [6, 6.07) is 15.2. The third kappa shape index (κ3) is 6.17. The van der Waals surface area contributed by atoms with Crippen LogP contribution in [0.3, 0.4) is 0 Å². The maximum atomic E-state index is 12.6. The standard InChI is InChI=1S/C25H28N8O3/c1-2-3-14-35-24-31-22(27)21-23(32-24)33(25(34)30-21)16-17-8-10-19(11-9-17)36-20-7-4-6-18(29-20)15-28-13-5-12-26/h4,6-11,28H,2-3,5,13-16H2,1H3,(H,30,34)(H2,27,31,32). The van der Waals surface area contributed by atoms with E-state index in [4.69, 9.17) is 20.5 Å². The number of rotatable bonds is 12. The van der Waals surface area contributed by atoms with Crippen LogP contribution in [0.25, 0.3) is 11.2 Å². The zero-order valence-electron chi connectivity index (χ0n) is 20.0.